The van der Waals surface area contributed by atoms with Gasteiger partial charge in [-0.15, -0.1) is 0 Å². The van der Waals surface area contributed by atoms with Gasteiger partial charge in [0, 0.05) is 11.1 Å². The van der Waals surface area contributed by atoms with E-state index in [9.17, 15) is 8.42 Å². The van der Waals surface area contributed by atoms with Gasteiger partial charge in [0.25, 0.3) is 0 Å². The molecule has 0 aliphatic rings. The summed E-state index contributed by atoms with van der Waals surface area (Å²) in [6, 6.07) is 6.82. The van der Waals surface area contributed by atoms with Crippen molar-refractivity contribution in [1.29, 1.82) is 0 Å². The molecule has 0 unspecified atom stereocenters. The third-order valence-corrected chi connectivity index (χ3v) is 5.02. The van der Waals surface area contributed by atoms with Crippen molar-refractivity contribution >= 4 is 37.6 Å². The molecule has 1 N–H and O–H groups in total. The fraction of sp³-hybridized carbons (Fsp3) is 0.333. The Bertz CT molecular complexity index is 435. The highest BCUT2D eigenvalue weighted by Crippen LogP contribution is 2.22. The van der Waals surface area contributed by atoms with Crippen LogP contribution in [0.2, 0.25) is 5.02 Å². The molecule has 0 fully saturated rings. The highest BCUT2D eigenvalue weighted by atomic mass is 79.9. The van der Waals surface area contributed by atoms with Gasteiger partial charge < -0.3 is 0 Å². The fourth-order valence-corrected chi connectivity index (χ4v) is 2.62. The predicted octanol–water partition coefficient (Wildman–Crippen LogP) is 2.67. The normalized spacial score (nSPS) is 13.8. The van der Waals surface area contributed by atoms with Crippen molar-refractivity contribution in [2.75, 3.05) is 4.66 Å². The smallest absolute Gasteiger partial charge is 0.212 e. The summed E-state index contributed by atoms with van der Waals surface area (Å²) in [6.07, 6.45) is 0. The summed E-state index contributed by atoms with van der Waals surface area (Å²) >= 11 is 8.85. The van der Waals surface area contributed by atoms with Crippen LogP contribution in [0.4, 0.5) is 0 Å². The summed E-state index contributed by atoms with van der Waals surface area (Å²) in [4.78, 5) is 0. The second kappa shape index (κ2) is 5.30. The summed E-state index contributed by atoms with van der Waals surface area (Å²) in [5, 5.41) is 0.558. The number of rotatable bonds is 4. The molecule has 0 radical (unpaired) electrons. The third-order valence-electron chi connectivity index (χ3n) is 1.87. The van der Waals surface area contributed by atoms with E-state index >= 15 is 0 Å². The van der Waals surface area contributed by atoms with E-state index in [2.05, 4.69) is 20.7 Å². The van der Waals surface area contributed by atoms with Gasteiger partial charge in [0.15, 0.2) is 0 Å². The minimum absolute atomic E-state index is 0.116. The Morgan fingerprint density at radius 2 is 2.07 bits per heavy atom. The number of alkyl halides is 1. The van der Waals surface area contributed by atoms with E-state index in [1.54, 1.807) is 25.1 Å². The highest BCUT2D eigenvalue weighted by molar-refractivity contribution is 9.10. The lowest BCUT2D eigenvalue weighted by molar-refractivity contribution is 0.572. The molecule has 15 heavy (non-hydrogen) atoms. The van der Waals surface area contributed by atoms with E-state index in [0.717, 1.165) is 5.56 Å². The van der Waals surface area contributed by atoms with Crippen LogP contribution in [0.15, 0.2) is 24.3 Å². The van der Waals surface area contributed by atoms with Gasteiger partial charge in [0.2, 0.25) is 10.0 Å². The van der Waals surface area contributed by atoms with Gasteiger partial charge in [-0.1, -0.05) is 45.7 Å². The molecule has 0 bridgehead atoms. The van der Waals surface area contributed by atoms with E-state index in [1.165, 1.54) is 0 Å². The van der Waals surface area contributed by atoms with Crippen molar-refractivity contribution in [3.05, 3.63) is 34.9 Å². The SMILES string of the molecule is C[C@@H](NS(=O)(=O)CBr)c1ccccc1Cl. The van der Waals surface area contributed by atoms with Crippen molar-refractivity contribution < 1.29 is 8.42 Å². The van der Waals surface area contributed by atoms with Crippen molar-refractivity contribution in [2.24, 2.45) is 0 Å². The van der Waals surface area contributed by atoms with Crippen molar-refractivity contribution in [2.45, 2.75) is 13.0 Å². The summed E-state index contributed by atoms with van der Waals surface area (Å²) in [5.74, 6) is 0. The molecule has 0 heterocycles. The molecule has 0 saturated carbocycles. The van der Waals surface area contributed by atoms with Crippen molar-refractivity contribution in [3.63, 3.8) is 0 Å². The van der Waals surface area contributed by atoms with Gasteiger partial charge in [-0.3, -0.25) is 0 Å². The third kappa shape index (κ3) is 3.75. The lowest BCUT2D eigenvalue weighted by Crippen LogP contribution is -2.27. The summed E-state index contributed by atoms with van der Waals surface area (Å²) in [5.41, 5.74) is 0.767. The molecule has 3 nitrogen and oxygen atoms in total. The van der Waals surface area contributed by atoms with Crippen LogP contribution in [0, 0.1) is 0 Å². The molecule has 1 atom stereocenters. The molecule has 1 aromatic carbocycles. The molecule has 6 heteroatoms. The molecule has 0 aliphatic carbocycles. The summed E-state index contributed by atoms with van der Waals surface area (Å²) in [7, 11) is -3.28. The number of benzene rings is 1. The van der Waals surface area contributed by atoms with Crippen LogP contribution in [-0.2, 0) is 10.0 Å². The number of hydrogen-bond acceptors (Lipinski definition) is 2. The van der Waals surface area contributed by atoms with Gasteiger partial charge in [0.05, 0.1) is 0 Å². The second-order valence-corrected chi connectivity index (χ2v) is 6.55. The Labute approximate surface area is 103 Å². The van der Waals surface area contributed by atoms with Gasteiger partial charge in [-0.25, -0.2) is 13.1 Å². The average molecular weight is 313 g/mol. The van der Waals surface area contributed by atoms with Crippen LogP contribution >= 0.6 is 27.5 Å². The maximum Gasteiger partial charge on any atom is 0.222 e. The van der Waals surface area contributed by atoms with Crippen molar-refractivity contribution in [3.8, 4) is 0 Å². The lowest BCUT2D eigenvalue weighted by Gasteiger charge is -2.14. The molecule has 0 spiro atoms. The standard InChI is InChI=1S/C9H11BrClNO2S/c1-7(12-15(13,14)6-10)8-4-2-3-5-9(8)11/h2-5,7,12H,6H2,1H3/t7-/m1/s1. The number of sulfonamides is 1. The molecular formula is C9H11BrClNO2S. The topological polar surface area (TPSA) is 46.2 Å². The first-order valence-corrected chi connectivity index (χ1v) is 7.42. The van der Waals surface area contributed by atoms with E-state index < -0.39 is 10.0 Å². The molecule has 1 rings (SSSR count). The monoisotopic (exact) mass is 311 g/mol. The maximum atomic E-state index is 11.3. The highest BCUT2D eigenvalue weighted by Gasteiger charge is 2.15. The molecule has 1 aromatic rings. The minimum atomic E-state index is -3.28. The van der Waals surface area contributed by atoms with Gasteiger partial charge in [0.1, 0.15) is 4.66 Å². The van der Waals surface area contributed by atoms with E-state index in [0.29, 0.717) is 5.02 Å². The summed E-state index contributed by atoms with van der Waals surface area (Å²) in [6.45, 7) is 1.75. The quantitative estimate of drug-likeness (QED) is 0.869. The van der Waals surface area contributed by atoms with Gasteiger partial charge in [-0.2, -0.15) is 0 Å². The van der Waals surface area contributed by atoms with Crippen LogP contribution < -0.4 is 4.72 Å². The maximum absolute atomic E-state index is 11.3. The molecule has 0 aromatic heterocycles. The Morgan fingerprint density at radius 1 is 1.47 bits per heavy atom. The largest absolute Gasteiger partial charge is 0.222 e. The Balaban J connectivity index is 2.87. The zero-order chi connectivity index (χ0) is 11.5. The average Bonchev–Trinajstić information content (AvgIpc) is 2.17. The molecule has 84 valence electrons. The van der Waals surface area contributed by atoms with Gasteiger partial charge in [-0.05, 0) is 18.6 Å². The number of nitrogens with one attached hydrogen (secondary N) is 1. The van der Waals surface area contributed by atoms with Crippen molar-refractivity contribution in [1.82, 2.24) is 4.72 Å². The fourth-order valence-electron chi connectivity index (χ4n) is 1.19. The van der Waals surface area contributed by atoms with Crippen LogP contribution in [0.1, 0.15) is 18.5 Å². The van der Waals surface area contributed by atoms with E-state index in [4.69, 9.17) is 11.6 Å². The second-order valence-electron chi connectivity index (χ2n) is 3.08. The Hall–Kier alpha value is -0.100. The van der Waals surface area contributed by atoms with Crippen LogP contribution in [-0.4, -0.2) is 13.1 Å². The molecule has 0 amide bonds. The zero-order valence-corrected chi connectivity index (χ0v) is 11.2. The van der Waals surface area contributed by atoms with Crippen LogP contribution in [0.25, 0.3) is 0 Å². The van der Waals surface area contributed by atoms with Gasteiger partial charge >= 0.3 is 0 Å². The first-order valence-electron chi connectivity index (χ1n) is 4.26. The van der Waals surface area contributed by atoms with Crippen LogP contribution in [0.5, 0.6) is 0 Å². The molecule has 0 saturated heterocycles. The molecule has 0 aliphatic heterocycles. The molecular weight excluding hydrogens is 302 g/mol. The number of halogens is 2. The first kappa shape index (κ1) is 13.0. The van der Waals surface area contributed by atoms with E-state index in [1.807, 2.05) is 6.07 Å². The first-order chi connectivity index (χ1) is 6.96. The number of hydrogen-bond donors (Lipinski definition) is 1. The lowest BCUT2D eigenvalue weighted by atomic mass is 10.1. The Morgan fingerprint density at radius 3 is 2.60 bits per heavy atom. The summed E-state index contributed by atoms with van der Waals surface area (Å²) < 4.78 is 25.0. The minimum Gasteiger partial charge on any atom is -0.212 e. The predicted molar refractivity (Wildman–Crippen MR) is 65.7 cm³/mol. The van der Waals surface area contributed by atoms with Crippen LogP contribution in [0.3, 0.4) is 0 Å². The zero-order valence-electron chi connectivity index (χ0n) is 8.07. The Kier molecular flexibility index (Phi) is 4.58. The van der Waals surface area contributed by atoms with E-state index in [-0.39, 0.29) is 10.7 Å².